The van der Waals surface area contributed by atoms with Crippen molar-refractivity contribution in [3.63, 3.8) is 0 Å². The average Bonchev–Trinajstić information content (AvgIpc) is 2.36. The third kappa shape index (κ3) is 4.48. The second-order valence-electron chi connectivity index (χ2n) is 3.38. The number of carbonyl (C=O) groups excluding carboxylic acids is 2. The molecule has 7 nitrogen and oxygen atoms in total. The summed E-state index contributed by atoms with van der Waals surface area (Å²) < 4.78 is 22.4. The Morgan fingerprint density at radius 3 is 2.55 bits per heavy atom. The maximum absolute atomic E-state index is 13.2. The van der Waals surface area contributed by atoms with Gasteiger partial charge in [-0.05, 0) is 13.0 Å². The standard InChI is InChI=1S/C12H10FNO6/c1-2-19-11(15)5-6-12(16)20-8-3-4-10(14(17)18)9(13)7-8/h3-7H,2H2,1H3/b6-5+. The van der Waals surface area contributed by atoms with Gasteiger partial charge < -0.3 is 9.47 Å². The van der Waals surface area contributed by atoms with Crippen LogP contribution in [0.4, 0.5) is 10.1 Å². The Balaban J connectivity index is 2.69. The molecule has 0 fully saturated rings. The van der Waals surface area contributed by atoms with E-state index in [1.54, 1.807) is 6.92 Å². The third-order valence-electron chi connectivity index (χ3n) is 1.98. The van der Waals surface area contributed by atoms with Crippen LogP contribution in [-0.4, -0.2) is 23.5 Å². The SMILES string of the molecule is CCOC(=O)/C=C/C(=O)Oc1ccc([N+](=O)[O-])c(F)c1. The van der Waals surface area contributed by atoms with Crippen LogP contribution in [0, 0.1) is 15.9 Å². The third-order valence-corrected chi connectivity index (χ3v) is 1.98. The van der Waals surface area contributed by atoms with E-state index >= 15 is 0 Å². The van der Waals surface area contributed by atoms with Gasteiger partial charge in [-0.1, -0.05) is 0 Å². The second-order valence-corrected chi connectivity index (χ2v) is 3.38. The van der Waals surface area contributed by atoms with Crippen LogP contribution in [-0.2, 0) is 14.3 Å². The lowest BCUT2D eigenvalue weighted by molar-refractivity contribution is -0.387. The molecule has 0 spiro atoms. The van der Waals surface area contributed by atoms with E-state index < -0.39 is 28.4 Å². The molecule has 0 N–H and O–H groups in total. The smallest absolute Gasteiger partial charge is 0.336 e. The topological polar surface area (TPSA) is 95.7 Å². The highest BCUT2D eigenvalue weighted by atomic mass is 19.1. The molecule has 0 unspecified atom stereocenters. The summed E-state index contributed by atoms with van der Waals surface area (Å²) in [6, 6.07) is 2.64. The van der Waals surface area contributed by atoms with E-state index in [4.69, 9.17) is 0 Å². The Hall–Kier alpha value is -2.77. The van der Waals surface area contributed by atoms with Gasteiger partial charge in [0.2, 0.25) is 5.82 Å². The molecule has 0 aliphatic carbocycles. The highest BCUT2D eigenvalue weighted by Crippen LogP contribution is 2.22. The highest BCUT2D eigenvalue weighted by Gasteiger charge is 2.15. The first-order valence-electron chi connectivity index (χ1n) is 5.44. The Morgan fingerprint density at radius 1 is 1.35 bits per heavy atom. The van der Waals surface area contributed by atoms with E-state index in [0.717, 1.165) is 24.3 Å². The zero-order valence-electron chi connectivity index (χ0n) is 10.4. The van der Waals surface area contributed by atoms with Gasteiger partial charge in [-0.25, -0.2) is 9.59 Å². The van der Waals surface area contributed by atoms with E-state index in [1.807, 2.05) is 0 Å². The summed E-state index contributed by atoms with van der Waals surface area (Å²) in [5.74, 6) is -3.01. The first-order chi connectivity index (χ1) is 9.43. The molecule has 0 aromatic heterocycles. The summed E-state index contributed by atoms with van der Waals surface area (Å²) >= 11 is 0. The molecule has 8 heteroatoms. The Labute approximate surface area is 112 Å². The molecule has 0 bridgehead atoms. The molecule has 0 heterocycles. The summed E-state index contributed by atoms with van der Waals surface area (Å²) in [5, 5.41) is 10.4. The quantitative estimate of drug-likeness (QED) is 0.268. The maximum atomic E-state index is 13.2. The molecule has 0 atom stereocenters. The molecule has 0 saturated heterocycles. The summed E-state index contributed by atoms with van der Waals surface area (Å²) in [5.41, 5.74) is -0.730. The monoisotopic (exact) mass is 283 g/mol. The predicted octanol–water partition coefficient (Wildman–Crippen LogP) is 1.76. The molecule has 0 saturated carbocycles. The molecule has 0 aliphatic rings. The number of rotatable bonds is 5. The van der Waals surface area contributed by atoms with E-state index in [2.05, 4.69) is 9.47 Å². The van der Waals surface area contributed by atoms with Crippen molar-refractivity contribution in [1.82, 2.24) is 0 Å². The van der Waals surface area contributed by atoms with Crippen LogP contribution < -0.4 is 4.74 Å². The molecule has 20 heavy (non-hydrogen) atoms. The average molecular weight is 283 g/mol. The first-order valence-corrected chi connectivity index (χ1v) is 5.44. The molecule has 0 radical (unpaired) electrons. The number of halogens is 1. The van der Waals surface area contributed by atoms with Crippen LogP contribution in [0.1, 0.15) is 6.92 Å². The minimum Gasteiger partial charge on any atom is -0.463 e. The van der Waals surface area contributed by atoms with Gasteiger partial charge in [0.05, 0.1) is 11.5 Å². The molecule has 0 aliphatic heterocycles. The number of carbonyl (C=O) groups is 2. The van der Waals surface area contributed by atoms with Gasteiger partial charge in [0.25, 0.3) is 0 Å². The van der Waals surface area contributed by atoms with Crippen molar-refractivity contribution in [1.29, 1.82) is 0 Å². The van der Waals surface area contributed by atoms with Crippen LogP contribution in [0.2, 0.25) is 0 Å². The predicted molar refractivity (Wildman–Crippen MR) is 64.5 cm³/mol. The van der Waals surface area contributed by atoms with E-state index in [9.17, 15) is 24.1 Å². The number of nitro groups is 1. The maximum Gasteiger partial charge on any atom is 0.336 e. The number of hydrogen-bond donors (Lipinski definition) is 0. The summed E-state index contributed by atoms with van der Waals surface area (Å²) in [4.78, 5) is 31.7. The van der Waals surface area contributed by atoms with Crippen LogP contribution >= 0.6 is 0 Å². The Kier molecular flexibility index (Phi) is 5.33. The van der Waals surface area contributed by atoms with Crippen molar-refractivity contribution in [2.75, 3.05) is 6.61 Å². The van der Waals surface area contributed by atoms with Gasteiger partial charge in [-0.3, -0.25) is 10.1 Å². The molecule has 1 aromatic rings. The molecule has 0 amide bonds. The summed E-state index contributed by atoms with van der Waals surface area (Å²) in [6.45, 7) is 1.76. The van der Waals surface area contributed by atoms with Gasteiger partial charge in [0.1, 0.15) is 5.75 Å². The van der Waals surface area contributed by atoms with Gasteiger partial charge in [0, 0.05) is 24.3 Å². The lowest BCUT2D eigenvalue weighted by Gasteiger charge is -2.01. The van der Waals surface area contributed by atoms with E-state index in [0.29, 0.717) is 6.07 Å². The fourth-order valence-corrected chi connectivity index (χ4v) is 1.18. The zero-order valence-corrected chi connectivity index (χ0v) is 10.4. The molecular weight excluding hydrogens is 273 g/mol. The van der Waals surface area contributed by atoms with Crippen molar-refractivity contribution < 1.29 is 28.4 Å². The number of nitro benzene ring substituents is 1. The van der Waals surface area contributed by atoms with E-state index in [1.165, 1.54) is 0 Å². The van der Waals surface area contributed by atoms with Crippen molar-refractivity contribution in [2.24, 2.45) is 0 Å². The van der Waals surface area contributed by atoms with Crippen molar-refractivity contribution in [3.05, 3.63) is 46.3 Å². The van der Waals surface area contributed by atoms with Crippen molar-refractivity contribution in [3.8, 4) is 5.75 Å². The Morgan fingerprint density at radius 2 is 2.00 bits per heavy atom. The van der Waals surface area contributed by atoms with Crippen LogP contribution in [0.3, 0.4) is 0 Å². The summed E-state index contributed by atoms with van der Waals surface area (Å²) in [7, 11) is 0. The molecule has 1 aromatic carbocycles. The second kappa shape index (κ2) is 6.98. The zero-order chi connectivity index (χ0) is 15.1. The van der Waals surface area contributed by atoms with Crippen molar-refractivity contribution in [2.45, 2.75) is 6.92 Å². The van der Waals surface area contributed by atoms with Gasteiger partial charge >= 0.3 is 17.6 Å². The number of esters is 2. The number of ether oxygens (including phenoxy) is 2. The van der Waals surface area contributed by atoms with Crippen LogP contribution in [0.25, 0.3) is 0 Å². The molecular formula is C12H10FNO6. The van der Waals surface area contributed by atoms with Crippen LogP contribution in [0.15, 0.2) is 30.4 Å². The van der Waals surface area contributed by atoms with Gasteiger partial charge in [0.15, 0.2) is 0 Å². The first kappa shape index (κ1) is 15.3. The van der Waals surface area contributed by atoms with Gasteiger partial charge in [-0.15, -0.1) is 0 Å². The molecule has 1 rings (SSSR count). The fraction of sp³-hybridized carbons (Fsp3) is 0.167. The number of hydrogen-bond acceptors (Lipinski definition) is 6. The normalized spacial score (nSPS) is 10.3. The Bertz CT molecular complexity index is 569. The number of nitrogens with zero attached hydrogens (tertiary/aromatic N) is 1. The minimum absolute atomic E-state index is 0.159. The summed E-state index contributed by atoms with van der Waals surface area (Å²) in [6.07, 6.45) is 1.66. The fourth-order valence-electron chi connectivity index (χ4n) is 1.18. The highest BCUT2D eigenvalue weighted by molar-refractivity contribution is 5.92. The van der Waals surface area contributed by atoms with E-state index in [-0.39, 0.29) is 12.4 Å². The largest absolute Gasteiger partial charge is 0.463 e. The number of benzene rings is 1. The van der Waals surface area contributed by atoms with Gasteiger partial charge in [-0.2, -0.15) is 4.39 Å². The van der Waals surface area contributed by atoms with Crippen LogP contribution in [0.5, 0.6) is 5.75 Å². The van der Waals surface area contributed by atoms with Crippen molar-refractivity contribution >= 4 is 17.6 Å². The minimum atomic E-state index is -1.13. The lowest BCUT2D eigenvalue weighted by Crippen LogP contribution is -2.07. The lowest BCUT2D eigenvalue weighted by atomic mass is 10.3. The molecule has 106 valence electrons.